The molecule has 2 aromatic carbocycles. The molecule has 0 aliphatic rings. The van der Waals surface area contributed by atoms with E-state index in [9.17, 15) is 9.59 Å². The van der Waals surface area contributed by atoms with Crippen LogP contribution in [0.1, 0.15) is 5.56 Å². The van der Waals surface area contributed by atoms with Crippen LogP contribution in [0.2, 0.25) is 0 Å². The molecule has 2 amide bonds. The third-order valence-electron chi connectivity index (χ3n) is 3.36. The molecule has 27 heavy (non-hydrogen) atoms. The number of halogens is 1. The summed E-state index contributed by atoms with van der Waals surface area (Å²) in [6.45, 7) is 0. The maximum atomic E-state index is 11.9. The Hall–Kier alpha value is -3.07. The van der Waals surface area contributed by atoms with Crippen molar-refractivity contribution in [2.75, 3.05) is 26.6 Å². The highest BCUT2D eigenvalue weighted by Gasteiger charge is 2.14. The lowest BCUT2D eigenvalue weighted by Crippen LogP contribution is -2.32. The maximum absolute atomic E-state index is 11.9. The minimum absolute atomic E-state index is 0.439. The number of carbonyl (C=O) groups is 2. The average Bonchev–Trinajstić information content (AvgIpc) is 2.66. The molecule has 0 aromatic heterocycles. The van der Waals surface area contributed by atoms with Gasteiger partial charge in [-0.05, 0) is 30.3 Å². The predicted molar refractivity (Wildman–Crippen MR) is 105 cm³/mol. The minimum atomic E-state index is -0.904. The van der Waals surface area contributed by atoms with Crippen LogP contribution in [0.25, 0.3) is 0 Å². The van der Waals surface area contributed by atoms with E-state index in [1.807, 2.05) is 0 Å². The molecule has 9 heteroatoms. The quantitative estimate of drug-likeness (QED) is 0.412. The standard InChI is InChI=1S/C18H18BrN3O5/c1-25-14-7-11(8-15(26-2)16(14)27-3)10-20-22-18(24)17(23)21-13-6-4-5-12(19)9-13/h4-10H,1-3H3,(H,21,23)(H,22,24). The van der Waals surface area contributed by atoms with Crippen LogP contribution in [-0.4, -0.2) is 39.4 Å². The minimum Gasteiger partial charge on any atom is -0.493 e. The highest BCUT2D eigenvalue weighted by atomic mass is 79.9. The van der Waals surface area contributed by atoms with Crippen molar-refractivity contribution in [3.8, 4) is 17.2 Å². The van der Waals surface area contributed by atoms with Gasteiger partial charge in [0.05, 0.1) is 27.5 Å². The number of nitrogens with zero attached hydrogens (tertiary/aromatic N) is 1. The topological polar surface area (TPSA) is 98.2 Å². The monoisotopic (exact) mass is 435 g/mol. The van der Waals surface area contributed by atoms with Gasteiger partial charge in [0.25, 0.3) is 0 Å². The number of hydrogen-bond donors (Lipinski definition) is 2. The number of nitrogens with one attached hydrogen (secondary N) is 2. The fourth-order valence-corrected chi connectivity index (χ4v) is 2.55. The van der Waals surface area contributed by atoms with Gasteiger partial charge in [0.2, 0.25) is 5.75 Å². The van der Waals surface area contributed by atoms with Crippen LogP contribution in [0.15, 0.2) is 46.0 Å². The molecule has 0 aliphatic carbocycles. The molecule has 0 heterocycles. The van der Waals surface area contributed by atoms with E-state index < -0.39 is 11.8 Å². The molecule has 0 bridgehead atoms. The number of methoxy groups -OCH3 is 3. The first-order chi connectivity index (χ1) is 13.0. The van der Waals surface area contributed by atoms with Crippen molar-refractivity contribution in [3.05, 3.63) is 46.4 Å². The van der Waals surface area contributed by atoms with Gasteiger partial charge >= 0.3 is 11.8 Å². The van der Waals surface area contributed by atoms with Gasteiger partial charge in [-0.1, -0.05) is 22.0 Å². The molecule has 0 spiro atoms. The first kappa shape index (κ1) is 20.2. The third kappa shape index (κ3) is 5.45. The molecule has 0 saturated heterocycles. The van der Waals surface area contributed by atoms with E-state index in [1.54, 1.807) is 36.4 Å². The summed E-state index contributed by atoms with van der Waals surface area (Å²) in [5.41, 5.74) is 3.23. The zero-order valence-electron chi connectivity index (χ0n) is 14.9. The van der Waals surface area contributed by atoms with Crippen LogP contribution in [0, 0.1) is 0 Å². The van der Waals surface area contributed by atoms with E-state index in [0.717, 1.165) is 4.47 Å². The Balaban J connectivity index is 2.03. The van der Waals surface area contributed by atoms with Crippen LogP contribution in [0.4, 0.5) is 5.69 Å². The number of carbonyl (C=O) groups excluding carboxylic acids is 2. The Morgan fingerprint density at radius 1 is 1.00 bits per heavy atom. The lowest BCUT2D eigenvalue weighted by Gasteiger charge is -2.12. The number of hydrazone groups is 1. The molecule has 0 fully saturated rings. The van der Waals surface area contributed by atoms with Crippen molar-refractivity contribution >= 4 is 39.6 Å². The summed E-state index contributed by atoms with van der Waals surface area (Å²) >= 11 is 3.29. The molecule has 2 N–H and O–H groups in total. The first-order valence-corrected chi connectivity index (χ1v) is 8.47. The maximum Gasteiger partial charge on any atom is 0.329 e. The normalized spacial score (nSPS) is 10.4. The van der Waals surface area contributed by atoms with Gasteiger partial charge < -0.3 is 19.5 Å². The Labute approximate surface area is 164 Å². The molecule has 142 valence electrons. The molecule has 0 radical (unpaired) electrons. The van der Waals surface area contributed by atoms with Crippen LogP contribution in [0.5, 0.6) is 17.2 Å². The zero-order valence-corrected chi connectivity index (χ0v) is 16.5. The van der Waals surface area contributed by atoms with Gasteiger partial charge in [-0.25, -0.2) is 5.43 Å². The Kier molecular flexibility index (Phi) is 7.18. The number of amides is 2. The summed E-state index contributed by atoms with van der Waals surface area (Å²) in [6.07, 6.45) is 1.36. The third-order valence-corrected chi connectivity index (χ3v) is 3.85. The number of hydrogen-bond acceptors (Lipinski definition) is 6. The van der Waals surface area contributed by atoms with Crippen LogP contribution in [-0.2, 0) is 9.59 Å². The second-order valence-electron chi connectivity index (χ2n) is 5.12. The van der Waals surface area contributed by atoms with E-state index in [4.69, 9.17) is 14.2 Å². The van der Waals surface area contributed by atoms with E-state index in [-0.39, 0.29) is 0 Å². The first-order valence-electron chi connectivity index (χ1n) is 7.68. The van der Waals surface area contributed by atoms with Crippen molar-refractivity contribution in [1.29, 1.82) is 0 Å². The molecular formula is C18H18BrN3O5. The fraction of sp³-hybridized carbons (Fsp3) is 0.167. The zero-order chi connectivity index (χ0) is 19.8. The molecule has 2 aromatic rings. The number of rotatable bonds is 6. The van der Waals surface area contributed by atoms with Gasteiger partial charge in [-0.2, -0.15) is 5.10 Å². The number of anilines is 1. The van der Waals surface area contributed by atoms with E-state index >= 15 is 0 Å². The second-order valence-corrected chi connectivity index (χ2v) is 6.04. The molecule has 0 aliphatic heterocycles. The van der Waals surface area contributed by atoms with Crippen molar-refractivity contribution in [1.82, 2.24) is 5.43 Å². The largest absolute Gasteiger partial charge is 0.493 e. The molecule has 2 rings (SSSR count). The second kappa shape index (κ2) is 9.58. The predicted octanol–water partition coefficient (Wildman–Crippen LogP) is 2.56. The number of benzene rings is 2. The summed E-state index contributed by atoms with van der Waals surface area (Å²) in [6, 6.07) is 10.2. The molecule has 8 nitrogen and oxygen atoms in total. The van der Waals surface area contributed by atoms with Gasteiger partial charge in [0, 0.05) is 15.7 Å². The Morgan fingerprint density at radius 2 is 1.67 bits per heavy atom. The van der Waals surface area contributed by atoms with Crippen LogP contribution < -0.4 is 25.0 Å². The van der Waals surface area contributed by atoms with Gasteiger partial charge in [-0.3, -0.25) is 9.59 Å². The molecule has 0 atom stereocenters. The molecular weight excluding hydrogens is 418 g/mol. The fourth-order valence-electron chi connectivity index (χ4n) is 2.15. The highest BCUT2D eigenvalue weighted by molar-refractivity contribution is 9.10. The van der Waals surface area contributed by atoms with Gasteiger partial charge in [0.1, 0.15) is 0 Å². The van der Waals surface area contributed by atoms with Crippen molar-refractivity contribution < 1.29 is 23.8 Å². The summed E-state index contributed by atoms with van der Waals surface area (Å²) in [4.78, 5) is 23.7. The van der Waals surface area contributed by atoms with Crippen LogP contribution >= 0.6 is 15.9 Å². The van der Waals surface area contributed by atoms with Crippen molar-refractivity contribution in [2.24, 2.45) is 5.10 Å². The molecule has 0 saturated carbocycles. The van der Waals surface area contributed by atoms with Crippen molar-refractivity contribution in [3.63, 3.8) is 0 Å². The van der Waals surface area contributed by atoms with Crippen molar-refractivity contribution in [2.45, 2.75) is 0 Å². The van der Waals surface area contributed by atoms with Gasteiger partial charge in [0.15, 0.2) is 11.5 Å². The summed E-state index contributed by atoms with van der Waals surface area (Å²) in [5, 5.41) is 6.25. The Morgan fingerprint density at radius 3 is 2.22 bits per heavy atom. The lowest BCUT2D eigenvalue weighted by molar-refractivity contribution is -0.136. The van der Waals surface area contributed by atoms with Gasteiger partial charge in [-0.15, -0.1) is 0 Å². The van der Waals surface area contributed by atoms with E-state index in [1.165, 1.54) is 27.5 Å². The summed E-state index contributed by atoms with van der Waals surface area (Å²) < 4.78 is 16.5. The Bertz CT molecular complexity index is 845. The smallest absolute Gasteiger partial charge is 0.329 e. The average molecular weight is 436 g/mol. The highest BCUT2D eigenvalue weighted by Crippen LogP contribution is 2.37. The number of ether oxygens (including phenoxy) is 3. The van der Waals surface area contributed by atoms with Crippen LogP contribution in [0.3, 0.4) is 0 Å². The lowest BCUT2D eigenvalue weighted by atomic mass is 10.2. The SMILES string of the molecule is COc1cc(C=NNC(=O)C(=O)Nc2cccc(Br)c2)cc(OC)c1OC. The summed E-state index contributed by atoms with van der Waals surface area (Å²) in [5.74, 6) is -0.419. The van der Waals surface area contributed by atoms with E-state index in [0.29, 0.717) is 28.5 Å². The van der Waals surface area contributed by atoms with E-state index in [2.05, 4.69) is 31.8 Å². The molecule has 0 unspecified atom stereocenters. The summed E-state index contributed by atoms with van der Waals surface area (Å²) in [7, 11) is 4.48.